The third kappa shape index (κ3) is 4.46. The van der Waals surface area contributed by atoms with E-state index >= 15 is 0 Å². The summed E-state index contributed by atoms with van der Waals surface area (Å²) in [7, 11) is 0. The molecule has 0 spiro atoms. The Hall–Kier alpha value is -1.16. The topological polar surface area (TPSA) is 37.8 Å². The molecule has 0 radical (unpaired) electrons. The molecule has 0 saturated carbocycles. The molecule has 0 bridgehead atoms. The Labute approximate surface area is 119 Å². The molecule has 19 heavy (non-hydrogen) atoms. The zero-order valence-corrected chi connectivity index (χ0v) is 12.7. The number of aromatic nitrogens is 2. The molecule has 1 N–H and O–H groups in total. The van der Waals surface area contributed by atoms with Crippen LogP contribution < -0.4 is 5.32 Å². The summed E-state index contributed by atoms with van der Waals surface area (Å²) >= 11 is 1.66. The highest BCUT2D eigenvalue weighted by molar-refractivity contribution is 7.16. The van der Waals surface area contributed by atoms with Crippen molar-refractivity contribution in [3.05, 3.63) is 17.8 Å². The van der Waals surface area contributed by atoms with E-state index < -0.39 is 0 Å². The van der Waals surface area contributed by atoms with Crippen LogP contribution >= 0.6 is 11.3 Å². The van der Waals surface area contributed by atoms with E-state index in [-0.39, 0.29) is 0 Å². The van der Waals surface area contributed by atoms with Gasteiger partial charge in [-0.05, 0) is 23.8 Å². The Bertz CT molecular complexity index is 493. The van der Waals surface area contributed by atoms with E-state index in [0.29, 0.717) is 0 Å². The highest BCUT2D eigenvalue weighted by atomic mass is 32.1. The number of hydrogen-bond donors (Lipinski definition) is 1. The second-order valence-electron chi connectivity index (χ2n) is 5.39. The van der Waals surface area contributed by atoms with Crippen molar-refractivity contribution in [2.24, 2.45) is 5.92 Å². The lowest BCUT2D eigenvalue weighted by Gasteiger charge is -2.07. The highest BCUT2D eigenvalue weighted by Crippen LogP contribution is 2.23. The molecule has 0 aliphatic heterocycles. The van der Waals surface area contributed by atoms with Gasteiger partial charge in [-0.15, -0.1) is 11.3 Å². The van der Waals surface area contributed by atoms with Crippen molar-refractivity contribution in [3.63, 3.8) is 0 Å². The van der Waals surface area contributed by atoms with Gasteiger partial charge in [-0.2, -0.15) is 0 Å². The van der Waals surface area contributed by atoms with Crippen molar-refractivity contribution >= 4 is 27.4 Å². The molecule has 0 amide bonds. The van der Waals surface area contributed by atoms with Crippen molar-refractivity contribution in [3.8, 4) is 0 Å². The van der Waals surface area contributed by atoms with Gasteiger partial charge in [0.2, 0.25) is 0 Å². The average Bonchev–Trinajstić information content (AvgIpc) is 2.86. The molecule has 0 saturated heterocycles. The van der Waals surface area contributed by atoms with Gasteiger partial charge < -0.3 is 5.32 Å². The summed E-state index contributed by atoms with van der Waals surface area (Å²) < 4.78 is 0. The fourth-order valence-electron chi connectivity index (χ4n) is 2.17. The van der Waals surface area contributed by atoms with Gasteiger partial charge in [0.15, 0.2) is 0 Å². The van der Waals surface area contributed by atoms with Gasteiger partial charge in [0.05, 0.1) is 5.39 Å². The Kier molecular flexibility index (Phi) is 5.58. The highest BCUT2D eigenvalue weighted by Gasteiger charge is 2.03. The van der Waals surface area contributed by atoms with Crippen LogP contribution in [0.3, 0.4) is 0 Å². The van der Waals surface area contributed by atoms with Crippen molar-refractivity contribution in [1.29, 1.82) is 0 Å². The first-order valence-corrected chi connectivity index (χ1v) is 8.07. The maximum atomic E-state index is 4.32. The summed E-state index contributed by atoms with van der Waals surface area (Å²) in [6.07, 6.45) is 8.22. The largest absolute Gasteiger partial charge is 0.369 e. The Morgan fingerprint density at radius 1 is 1.16 bits per heavy atom. The molecule has 0 fully saturated rings. The lowest BCUT2D eigenvalue weighted by Crippen LogP contribution is -2.03. The average molecular weight is 277 g/mol. The third-order valence-electron chi connectivity index (χ3n) is 3.26. The van der Waals surface area contributed by atoms with Crippen molar-refractivity contribution < 1.29 is 0 Å². The third-order valence-corrected chi connectivity index (χ3v) is 4.08. The summed E-state index contributed by atoms with van der Waals surface area (Å²) in [4.78, 5) is 9.64. The first-order valence-electron chi connectivity index (χ1n) is 7.19. The Balaban J connectivity index is 1.67. The second-order valence-corrected chi connectivity index (χ2v) is 6.28. The monoisotopic (exact) mass is 277 g/mol. The lowest BCUT2D eigenvalue weighted by molar-refractivity contribution is 0.523. The van der Waals surface area contributed by atoms with Gasteiger partial charge in [0.25, 0.3) is 0 Å². The molecule has 4 heteroatoms. The predicted molar refractivity (Wildman–Crippen MR) is 83.8 cm³/mol. The first kappa shape index (κ1) is 14.3. The lowest BCUT2D eigenvalue weighted by atomic mass is 10.0. The van der Waals surface area contributed by atoms with Crippen LogP contribution in [0.2, 0.25) is 0 Å². The van der Waals surface area contributed by atoms with E-state index in [9.17, 15) is 0 Å². The van der Waals surface area contributed by atoms with E-state index in [4.69, 9.17) is 0 Å². The van der Waals surface area contributed by atoms with Crippen LogP contribution in [0.4, 0.5) is 5.82 Å². The van der Waals surface area contributed by atoms with Gasteiger partial charge in [0, 0.05) is 6.54 Å². The minimum atomic E-state index is 0.839. The number of fused-ring (bicyclic) bond motifs is 1. The van der Waals surface area contributed by atoms with Crippen LogP contribution in [0.15, 0.2) is 17.8 Å². The number of nitrogens with one attached hydrogen (secondary N) is 1. The molecule has 0 unspecified atom stereocenters. The molecular weight excluding hydrogens is 254 g/mol. The Morgan fingerprint density at radius 3 is 2.84 bits per heavy atom. The van der Waals surface area contributed by atoms with Crippen LogP contribution in [0.1, 0.15) is 46.0 Å². The molecule has 3 nitrogen and oxygen atoms in total. The molecule has 2 aromatic heterocycles. The van der Waals surface area contributed by atoms with E-state index in [1.54, 1.807) is 17.7 Å². The number of thiophene rings is 1. The quantitative estimate of drug-likeness (QED) is 0.710. The zero-order chi connectivity index (χ0) is 13.5. The fraction of sp³-hybridized carbons (Fsp3) is 0.600. The molecule has 2 heterocycles. The molecule has 2 aromatic rings. The summed E-state index contributed by atoms with van der Waals surface area (Å²) in [5, 5.41) is 6.64. The standard InChI is InChI=1S/C15H23N3S/c1-12(2)7-5-3-4-6-9-16-14-13-8-10-19-15(13)18-11-17-14/h8,10-12H,3-7,9H2,1-2H3,(H,16,17,18). The van der Waals surface area contributed by atoms with E-state index in [1.165, 1.54) is 32.1 Å². The number of unbranched alkanes of at least 4 members (excludes halogenated alkanes) is 3. The number of hydrogen-bond acceptors (Lipinski definition) is 4. The molecule has 2 rings (SSSR count). The Morgan fingerprint density at radius 2 is 2.00 bits per heavy atom. The van der Waals surface area contributed by atoms with Gasteiger partial charge in [-0.3, -0.25) is 0 Å². The summed E-state index contributed by atoms with van der Waals surface area (Å²) in [5.74, 6) is 1.82. The van der Waals surface area contributed by atoms with Gasteiger partial charge in [0.1, 0.15) is 17.0 Å². The normalized spacial score (nSPS) is 11.3. The van der Waals surface area contributed by atoms with Crippen LogP contribution in [-0.2, 0) is 0 Å². The maximum Gasteiger partial charge on any atom is 0.138 e. The second kappa shape index (κ2) is 7.43. The van der Waals surface area contributed by atoms with E-state index in [0.717, 1.165) is 28.5 Å². The van der Waals surface area contributed by atoms with Crippen LogP contribution in [-0.4, -0.2) is 16.5 Å². The maximum absolute atomic E-state index is 4.32. The van der Waals surface area contributed by atoms with Crippen LogP contribution in [0.25, 0.3) is 10.2 Å². The summed E-state index contributed by atoms with van der Waals surface area (Å²) in [5.41, 5.74) is 0. The van der Waals surface area contributed by atoms with Gasteiger partial charge in [-0.25, -0.2) is 9.97 Å². The van der Waals surface area contributed by atoms with Crippen molar-refractivity contribution in [1.82, 2.24) is 9.97 Å². The van der Waals surface area contributed by atoms with Crippen molar-refractivity contribution in [2.45, 2.75) is 46.0 Å². The number of anilines is 1. The van der Waals surface area contributed by atoms with Crippen LogP contribution in [0, 0.1) is 5.92 Å². The molecular formula is C15H23N3S. The summed E-state index contributed by atoms with van der Waals surface area (Å²) in [6.45, 7) is 5.59. The van der Waals surface area contributed by atoms with Gasteiger partial charge >= 0.3 is 0 Å². The SMILES string of the molecule is CC(C)CCCCCCNc1ncnc2sccc12. The van der Waals surface area contributed by atoms with Crippen molar-refractivity contribution in [2.75, 3.05) is 11.9 Å². The van der Waals surface area contributed by atoms with E-state index in [2.05, 4.69) is 40.6 Å². The smallest absolute Gasteiger partial charge is 0.138 e. The zero-order valence-electron chi connectivity index (χ0n) is 11.9. The molecule has 0 aliphatic carbocycles. The van der Waals surface area contributed by atoms with Gasteiger partial charge in [-0.1, -0.05) is 39.5 Å². The molecule has 104 valence electrons. The molecule has 0 atom stereocenters. The van der Waals surface area contributed by atoms with E-state index in [1.807, 2.05) is 0 Å². The summed E-state index contributed by atoms with van der Waals surface area (Å²) in [6, 6.07) is 2.09. The molecule has 0 aliphatic rings. The minimum absolute atomic E-state index is 0.839. The van der Waals surface area contributed by atoms with Crippen LogP contribution in [0.5, 0.6) is 0 Å². The first-order chi connectivity index (χ1) is 9.27. The number of nitrogens with zero attached hydrogens (tertiary/aromatic N) is 2. The number of rotatable bonds is 8. The fourth-order valence-corrected chi connectivity index (χ4v) is 2.90. The predicted octanol–water partition coefficient (Wildman–Crippen LogP) is 4.71. The molecule has 0 aromatic carbocycles. The minimum Gasteiger partial charge on any atom is -0.369 e.